The van der Waals surface area contributed by atoms with Crippen molar-refractivity contribution >= 4 is 34.3 Å². The maximum atomic E-state index is 6.00. The zero-order valence-electron chi connectivity index (χ0n) is 11.3. The topological polar surface area (TPSA) is 24.9 Å². The van der Waals surface area contributed by atoms with Crippen molar-refractivity contribution < 1.29 is 0 Å². The van der Waals surface area contributed by atoms with Crippen LogP contribution in [-0.4, -0.2) is 17.6 Å². The van der Waals surface area contributed by atoms with Gasteiger partial charge in [-0.15, -0.1) is 22.7 Å². The van der Waals surface area contributed by atoms with Crippen molar-refractivity contribution in [2.45, 2.75) is 39.2 Å². The van der Waals surface area contributed by atoms with Crippen molar-refractivity contribution in [2.24, 2.45) is 0 Å². The molecule has 1 N–H and O–H groups in total. The zero-order chi connectivity index (χ0) is 13.7. The lowest BCUT2D eigenvalue weighted by molar-refractivity contribution is 0.506. The molecule has 1 atom stereocenters. The molecule has 5 heteroatoms. The number of rotatable bonds is 7. The molecular weight excluding hydrogens is 296 g/mol. The fourth-order valence-corrected chi connectivity index (χ4v) is 4.00. The fourth-order valence-electron chi connectivity index (χ4n) is 1.98. The van der Waals surface area contributed by atoms with Crippen LogP contribution in [0.1, 0.15) is 28.9 Å². The van der Waals surface area contributed by atoms with Crippen LogP contribution in [0.15, 0.2) is 17.5 Å². The number of nitrogens with one attached hydrogen (secondary N) is 1. The first kappa shape index (κ1) is 15.0. The highest BCUT2D eigenvalue weighted by Crippen LogP contribution is 2.23. The molecule has 2 aromatic heterocycles. The van der Waals surface area contributed by atoms with Gasteiger partial charge in [0.2, 0.25) is 0 Å². The van der Waals surface area contributed by atoms with Crippen LogP contribution in [0.4, 0.5) is 0 Å². The van der Waals surface area contributed by atoms with Gasteiger partial charge in [-0.1, -0.05) is 18.5 Å². The maximum absolute atomic E-state index is 6.00. The number of aromatic nitrogens is 1. The van der Waals surface area contributed by atoms with Gasteiger partial charge in [0.1, 0.15) is 0 Å². The van der Waals surface area contributed by atoms with Gasteiger partial charge in [-0.05, 0) is 38.4 Å². The van der Waals surface area contributed by atoms with Crippen LogP contribution in [0.25, 0.3) is 0 Å². The second kappa shape index (κ2) is 7.39. The number of hydrogen-bond donors (Lipinski definition) is 1. The van der Waals surface area contributed by atoms with Gasteiger partial charge in [-0.2, -0.15) is 0 Å². The molecule has 0 fully saturated rings. The van der Waals surface area contributed by atoms with E-state index in [-0.39, 0.29) is 0 Å². The van der Waals surface area contributed by atoms with E-state index in [2.05, 4.69) is 28.7 Å². The molecule has 0 spiro atoms. The molecule has 104 valence electrons. The normalized spacial score (nSPS) is 12.8. The van der Waals surface area contributed by atoms with Crippen LogP contribution in [-0.2, 0) is 12.8 Å². The van der Waals surface area contributed by atoms with Gasteiger partial charge in [-0.3, -0.25) is 0 Å². The van der Waals surface area contributed by atoms with Crippen LogP contribution < -0.4 is 5.32 Å². The van der Waals surface area contributed by atoms with Gasteiger partial charge in [0.15, 0.2) is 0 Å². The molecule has 0 amide bonds. The molecule has 1 unspecified atom stereocenters. The van der Waals surface area contributed by atoms with Crippen molar-refractivity contribution in [1.82, 2.24) is 10.3 Å². The first-order valence-electron chi connectivity index (χ1n) is 6.56. The Balaban J connectivity index is 1.98. The molecule has 19 heavy (non-hydrogen) atoms. The number of nitrogens with zero attached hydrogens (tertiary/aromatic N) is 1. The maximum Gasteiger partial charge on any atom is 0.0943 e. The minimum atomic E-state index is 0.445. The Labute approximate surface area is 127 Å². The van der Waals surface area contributed by atoms with E-state index in [1.54, 1.807) is 22.7 Å². The van der Waals surface area contributed by atoms with E-state index in [4.69, 9.17) is 11.6 Å². The summed E-state index contributed by atoms with van der Waals surface area (Å²) >= 11 is 9.43. The summed E-state index contributed by atoms with van der Waals surface area (Å²) in [5.74, 6) is 0. The minimum absolute atomic E-state index is 0.445. The van der Waals surface area contributed by atoms with E-state index in [1.807, 2.05) is 13.0 Å². The highest BCUT2D eigenvalue weighted by atomic mass is 35.5. The Morgan fingerprint density at radius 3 is 2.79 bits per heavy atom. The number of hydrogen-bond acceptors (Lipinski definition) is 4. The number of thiazole rings is 1. The van der Waals surface area contributed by atoms with Gasteiger partial charge in [0.05, 0.1) is 9.34 Å². The molecule has 2 rings (SSSR count). The summed E-state index contributed by atoms with van der Waals surface area (Å²) in [6, 6.07) is 4.55. The monoisotopic (exact) mass is 314 g/mol. The molecular formula is C14H19ClN2S2. The summed E-state index contributed by atoms with van der Waals surface area (Å²) in [7, 11) is 0. The molecule has 0 aliphatic rings. The van der Waals surface area contributed by atoms with Crippen LogP contribution in [0, 0.1) is 6.92 Å². The second-order valence-corrected chi connectivity index (χ2v) is 7.39. The van der Waals surface area contributed by atoms with E-state index in [0.717, 1.165) is 35.8 Å². The Bertz CT molecular complexity index is 465. The molecule has 0 saturated carbocycles. The van der Waals surface area contributed by atoms with Gasteiger partial charge in [-0.25, -0.2) is 4.98 Å². The first-order valence-corrected chi connectivity index (χ1v) is 8.63. The lowest BCUT2D eigenvalue weighted by atomic mass is 10.1. The number of aryl methyl sites for hydroxylation is 1. The van der Waals surface area contributed by atoms with E-state index < -0.39 is 0 Å². The van der Waals surface area contributed by atoms with Crippen LogP contribution in [0.3, 0.4) is 0 Å². The zero-order valence-corrected chi connectivity index (χ0v) is 13.7. The molecule has 0 aromatic carbocycles. The van der Waals surface area contributed by atoms with Crippen LogP contribution >= 0.6 is 34.3 Å². The summed E-state index contributed by atoms with van der Waals surface area (Å²) in [4.78, 5) is 5.90. The van der Waals surface area contributed by atoms with Crippen molar-refractivity contribution in [3.05, 3.63) is 37.4 Å². The van der Waals surface area contributed by atoms with Crippen molar-refractivity contribution in [3.63, 3.8) is 0 Å². The molecule has 0 bridgehead atoms. The smallest absolute Gasteiger partial charge is 0.0943 e. The fraction of sp³-hybridized carbons (Fsp3) is 0.500. The highest BCUT2D eigenvalue weighted by molar-refractivity contribution is 7.16. The minimum Gasteiger partial charge on any atom is -0.313 e. The highest BCUT2D eigenvalue weighted by Gasteiger charge is 2.13. The van der Waals surface area contributed by atoms with Crippen LogP contribution in [0.2, 0.25) is 4.34 Å². The predicted molar refractivity (Wildman–Crippen MR) is 85.7 cm³/mol. The molecule has 0 radical (unpaired) electrons. The van der Waals surface area contributed by atoms with Gasteiger partial charge >= 0.3 is 0 Å². The average molecular weight is 315 g/mol. The second-order valence-electron chi connectivity index (χ2n) is 4.65. The van der Waals surface area contributed by atoms with Crippen molar-refractivity contribution in [3.8, 4) is 0 Å². The average Bonchev–Trinajstić information content (AvgIpc) is 2.95. The van der Waals surface area contributed by atoms with Crippen molar-refractivity contribution in [2.75, 3.05) is 6.54 Å². The Kier molecular flexibility index (Phi) is 5.82. The van der Waals surface area contributed by atoms with Gasteiger partial charge in [0.25, 0.3) is 0 Å². The summed E-state index contributed by atoms with van der Waals surface area (Å²) in [5, 5.41) is 6.95. The predicted octanol–water partition coefficient (Wildman–Crippen LogP) is 4.32. The molecule has 2 heterocycles. The molecule has 0 aliphatic carbocycles. The Hall–Kier alpha value is -0.420. The lowest BCUT2D eigenvalue weighted by Gasteiger charge is -2.16. The number of halogens is 1. The molecule has 2 aromatic rings. The molecule has 0 saturated heterocycles. The van der Waals surface area contributed by atoms with Crippen LogP contribution in [0.5, 0.6) is 0 Å². The van der Waals surface area contributed by atoms with Crippen molar-refractivity contribution in [1.29, 1.82) is 0 Å². The molecule has 0 aliphatic heterocycles. The summed E-state index contributed by atoms with van der Waals surface area (Å²) in [6.45, 7) is 5.29. The van der Waals surface area contributed by atoms with E-state index in [1.165, 1.54) is 9.88 Å². The molecule has 2 nitrogen and oxygen atoms in total. The first-order chi connectivity index (χ1) is 9.17. The van der Waals surface area contributed by atoms with E-state index in [0.29, 0.717) is 6.04 Å². The van der Waals surface area contributed by atoms with E-state index in [9.17, 15) is 0 Å². The Morgan fingerprint density at radius 2 is 2.21 bits per heavy atom. The third kappa shape index (κ3) is 4.88. The third-order valence-electron chi connectivity index (χ3n) is 2.85. The summed E-state index contributed by atoms with van der Waals surface area (Å²) < 4.78 is 0.870. The van der Waals surface area contributed by atoms with Gasteiger partial charge < -0.3 is 5.32 Å². The summed E-state index contributed by atoms with van der Waals surface area (Å²) in [6.07, 6.45) is 3.17. The quantitative estimate of drug-likeness (QED) is 0.823. The summed E-state index contributed by atoms with van der Waals surface area (Å²) in [5.41, 5.74) is 1.12. The largest absolute Gasteiger partial charge is 0.313 e. The third-order valence-corrected chi connectivity index (χ3v) is 5.09. The Morgan fingerprint density at radius 1 is 1.37 bits per heavy atom. The van der Waals surface area contributed by atoms with Gasteiger partial charge in [0, 0.05) is 28.4 Å². The number of thiophene rings is 1. The standard InChI is InChI=1S/C14H19ClN2S2/c1-3-6-16-11(7-12-4-5-13(15)19-12)8-14-17-10(2)9-18-14/h4-5,9,11,16H,3,6-8H2,1-2H3. The van der Waals surface area contributed by atoms with E-state index >= 15 is 0 Å². The SMILES string of the molecule is CCCNC(Cc1ccc(Cl)s1)Cc1nc(C)cs1. The lowest BCUT2D eigenvalue weighted by Crippen LogP contribution is -2.33.